The van der Waals surface area contributed by atoms with Crippen LogP contribution in [0.4, 0.5) is 0 Å². The van der Waals surface area contributed by atoms with Crippen molar-refractivity contribution in [1.82, 2.24) is 19.7 Å². The van der Waals surface area contributed by atoms with Gasteiger partial charge in [-0.3, -0.25) is 14.5 Å². The lowest BCUT2D eigenvalue weighted by atomic mass is 9.94. The number of nitrogens with zero attached hydrogens (tertiary/aromatic N) is 4. The highest BCUT2D eigenvalue weighted by Crippen LogP contribution is 2.37. The number of carbonyl (C=O) groups excluding carboxylic acids is 1. The van der Waals surface area contributed by atoms with Crippen LogP contribution in [0, 0.1) is 0 Å². The standard InChI is InChI=1S/C30H32N4O3/c1-20(2)26-9-4-21(18-24(26)12-17-35)19-37-25-7-5-22(6-8-25)27-28(23-10-13-31-14-11-23)32-34-16-15-33(3)30(36)29(27)34/h4-11,13-14,18,20,35H,12,15-17,19H2,1-3H3. The second kappa shape index (κ2) is 10.6. The molecular weight excluding hydrogens is 464 g/mol. The molecule has 190 valence electrons. The Labute approximate surface area is 217 Å². The molecule has 1 N–H and O–H groups in total. The van der Waals surface area contributed by atoms with Gasteiger partial charge >= 0.3 is 0 Å². The molecule has 0 spiro atoms. The summed E-state index contributed by atoms with van der Waals surface area (Å²) < 4.78 is 7.92. The summed E-state index contributed by atoms with van der Waals surface area (Å²) in [6.07, 6.45) is 4.11. The monoisotopic (exact) mass is 496 g/mol. The van der Waals surface area contributed by atoms with E-state index in [4.69, 9.17) is 9.84 Å². The normalized spacial score (nSPS) is 13.2. The first-order valence-corrected chi connectivity index (χ1v) is 12.7. The molecule has 0 bridgehead atoms. The topological polar surface area (TPSA) is 80.5 Å². The van der Waals surface area contributed by atoms with E-state index in [1.165, 1.54) is 11.1 Å². The number of carbonyl (C=O) groups is 1. The van der Waals surface area contributed by atoms with E-state index in [0.717, 1.165) is 33.7 Å². The zero-order valence-corrected chi connectivity index (χ0v) is 21.5. The Hall–Kier alpha value is -3.97. The van der Waals surface area contributed by atoms with E-state index in [9.17, 15) is 9.90 Å². The number of rotatable bonds is 8. The first kappa shape index (κ1) is 24.7. The van der Waals surface area contributed by atoms with E-state index in [-0.39, 0.29) is 12.5 Å². The minimum absolute atomic E-state index is 0.0297. The third kappa shape index (κ3) is 5.00. The quantitative estimate of drug-likeness (QED) is 0.374. The van der Waals surface area contributed by atoms with Gasteiger partial charge in [0.2, 0.25) is 0 Å². The Morgan fingerprint density at radius 3 is 2.46 bits per heavy atom. The summed E-state index contributed by atoms with van der Waals surface area (Å²) in [6.45, 7) is 6.18. The average molecular weight is 497 g/mol. The van der Waals surface area contributed by atoms with Gasteiger partial charge in [-0.05, 0) is 58.9 Å². The molecule has 1 aliphatic heterocycles. The van der Waals surface area contributed by atoms with Crippen LogP contribution in [-0.2, 0) is 19.6 Å². The maximum absolute atomic E-state index is 13.1. The van der Waals surface area contributed by atoms with Crippen LogP contribution in [-0.4, -0.2) is 50.9 Å². The molecule has 7 heteroatoms. The molecule has 1 aliphatic rings. The Morgan fingerprint density at radius 1 is 1.00 bits per heavy atom. The van der Waals surface area contributed by atoms with E-state index in [1.54, 1.807) is 17.3 Å². The van der Waals surface area contributed by atoms with Crippen molar-refractivity contribution >= 4 is 5.91 Å². The van der Waals surface area contributed by atoms with Crippen LogP contribution in [0.5, 0.6) is 5.75 Å². The van der Waals surface area contributed by atoms with E-state index >= 15 is 0 Å². The molecule has 0 fully saturated rings. The van der Waals surface area contributed by atoms with E-state index in [0.29, 0.717) is 37.7 Å². The third-order valence-electron chi connectivity index (χ3n) is 6.86. The Bertz CT molecular complexity index is 1390. The fourth-order valence-electron chi connectivity index (χ4n) is 4.89. The number of benzene rings is 2. The highest BCUT2D eigenvalue weighted by Gasteiger charge is 2.30. The summed E-state index contributed by atoms with van der Waals surface area (Å²) >= 11 is 0. The number of ether oxygens (including phenoxy) is 1. The summed E-state index contributed by atoms with van der Waals surface area (Å²) in [4.78, 5) is 19.0. The Kier molecular flexibility index (Phi) is 7.06. The van der Waals surface area contributed by atoms with Crippen LogP contribution < -0.4 is 4.74 Å². The minimum atomic E-state index is -0.0297. The maximum atomic E-state index is 13.1. The Balaban J connectivity index is 1.42. The molecule has 2 aromatic heterocycles. The van der Waals surface area contributed by atoms with Gasteiger partial charge in [-0.1, -0.05) is 44.2 Å². The smallest absolute Gasteiger partial charge is 0.272 e. The van der Waals surface area contributed by atoms with Crippen LogP contribution in [0.3, 0.4) is 0 Å². The summed E-state index contributed by atoms with van der Waals surface area (Å²) in [5.41, 5.74) is 7.53. The number of fused-ring (bicyclic) bond motifs is 1. The fourth-order valence-corrected chi connectivity index (χ4v) is 4.89. The second-order valence-corrected chi connectivity index (χ2v) is 9.73. The van der Waals surface area contributed by atoms with Crippen molar-refractivity contribution in [1.29, 1.82) is 0 Å². The van der Waals surface area contributed by atoms with Crippen LogP contribution in [0.15, 0.2) is 67.0 Å². The van der Waals surface area contributed by atoms with E-state index in [2.05, 4.69) is 37.0 Å². The number of aromatic nitrogens is 3. The van der Waals surface area contributed by atoms with Crippen LogP contribution in [0.2, 0.25) is 0 Å². The number of hydrogen-bond acceptors (Lipinski definition) is 5. The van der Waals surface area contributed by atoms with Crippen molar-refractivity contribution in [3.8, 4) is 28.1 Å². The lowest BCUT2D eigenvalue weighted by molar-refractivity contribution is 0.0744. The largest absolute Gasteiger partial charge is 0.489 e. The molecule has 0 saturated heterocycles. The molecular formula is C30H32N4O3. The SMILES string of the molecule is CC(C)c1ccc(COc2ccc(-c3c(-c4ccncc4)nn4c3C(=O)N(C)CC4)cc2)cc1CCO. The number of aliphatic hydroxyl groups is 1. The van der Waals surface area contributed by atoms with Crippen molar-refractivity contribution in [2.24, 2.45) is 0 Å². The number of likely N-dealkylation sites (N-methyl/N-ethyl adjacent to an activating group) is 1. The summed E-state index contributed by atoms with van der Waals surface area (Å²) in [6, 6.07) is 18.0. The molecule has 37 heavy (non-hydrogen) atoms. The predicted octanol–water partition coefficient (Wildman–Crippen LogP) is 4.93. The van der Waals surface area contributed by atoms with Gasteiger partial charge in [0.25, 0.3) is 5.91 Å². The van der Waals surface area contributed by atoms with Gasteiger partial charge in [-0.25, -0.2) is 0 Å². The summed E-state index contributed by atoms with van der Waals surface area (Å²) in [5, 5.41) is 14.3. The second-order valence-electron chi connectivity index (χ2n) is 9.73. The van der Waals surface area contributed by atoms with Gasteiger partial charge in [0.15, 0.2) is 0 Å². The van der Waals surface area contributed by atoms with Crippen molar-refractivity contribution in [3.63, 3.8) is 0 Å². The molecule has 3 heterocycles. The lowest BCUT2D eigenvalue weighted by Crippen LogP contribution is -2.37. The molecule has 0 radical (unpaired) electrons. The van der Waals surface area contributed by atoms with Gasteiger partial charge in [-0.15, -0.1) is 0 Å². The molecule has 2 aromatic carbocycles. The first-order valence-electron chi connectivity index (χ1n) is 12.7. The Morgan fingerprint density at radius 2 is 1.76 bits per heavy atom. The minimum Gasteiger partial charge on any atom is -0.489 e. The van der Waals surface area contributed by atoms with Crippen LogP contribution >= 0.6 is 0 Å². The zero-order chi connectivity index (χ0) is 25.9. The van der Waals surface area contributed by atoms with Crippen molar-refractivity contribution < 1.29 is 14.6 Å². The zero-order valence-electron chi connectivity index (χ0n) is 21.5. The van der Waals surface area contributed by atoms with Gasteiger partial charge < -0.3 is 14.7 Å². The molecule has 0 aliphatic carbocycles. The fraction of sp³-hybridized carbons (Fsp3) is 0.300. The molecule has 0 unspecified atom stereocenters. The number of hydrogen-bond donors (Lipinski definition) is 1. The van der Waals surface area contributed by atoms with Crippen molar-refractivity contribution in [2.75, 3.05) is 20.2 Å². The van der Waals surface area contributed by atoms with Gasteiger partial charge in [0.1, 0.15) is 23.7 Å². The first-order chi connectivity index (χ1) is 18.0. The summed E-state index contributed by atoms with van der Waals surface area (Å²) in [7, 11) is 1.82. The number of amides is 1. The van der Waals surface area contributed by atoms with Crippen LogP contribution in [0.25, 0.3) is 22.4 Å². The maximum Gasteiger partial charge on any atom is 0.272 e. The van der Waals surface area contributed by atoms with Crippen molar-refractivity contribution in [3.05, 3.63) is 89.4 Å². The third-order valence-corrected chi connectivity index (χ3v) is 6.86. The number of pyridine rings is 1. The van der Waals surface area contributed by atoms with Gasteiger partial charge in [0, 0.05) is 43.7 Å². The van der Waals surface area contributed by atoms with Crippen molar-refractivity contribution in [2.45, 2.75) is 39.3 Å². The molecule has 0 saturated carbocycles. The molecule has 5 rings (SSSR count). The molecule has 0 atom stereocenters. The molecule has 4 aromatic rings. The highest BCUT2D eigenvalue weighted by atomic mass is 16.5. The highest BCUT2D eigenvalue weighted by molar-refractivity contribution is 6.03. The molecule has 1 amide bonds. The lowest BCUT2D eigenvalue weighted by Gasteiger charge is -2.24. The predicted molar refractivity (Wildman–Crippen MR) is 144 cm³/mol. The number of aliphatic hydroxyl groups excluding tert-OH is 1. The van der Waals surface area contributed by atoms with E-state index in [1.807, 2.05) is 48.1 Å². The molecule has 7 nitrogen and oxygen atoms in total. The average Bonchev–Trinajstić information content (AvgIpc) is 3.31. The van der Waals surface area contributed by atoms with Gasteiger partial charge in [-0.2, -0.15) is 5.10 Å². The van der Waals surface area contributed by atoms with Gasteiger partial charge in [0.05, 0.1) is 6.54 Å². The van der Waals surface area contributed by atoms with E-state index < -0.39 is 0 Å². The van der Waals surface area contributed by atoms with Crippen LogP contribution in [0.1, 0.15) is 46.9 Å². The summed E-state index contributed by atoms with van der Waals surface area (Å²) in [5.74, 6) is 1.12.